The molecular formula is C22H21N3O5S. The van der Waals surface area contributed by atoms with Gasteiger partial charge in [0, 0.05) is 11.8 Å². The third-order valence-electron chi connectivity index (χ3n) is 3.90. The van der Waals surface area contributed by atoms with Gasteiger partial charge in [-0.2, -0.15) is 0 Å². The van der Waals surface area contributed by atoms with Crippen LogP contribution >= 0.6 is 11.8 Å². The van der Waals surface area contributed by atoms with E-state index in [1.165, 1.54) is 6.07 Å². The minimum atomic E-state index is -0.454. The van der Waals surface area contributed by atoms with E-state index in [1.54, 1.807) is 31.2 Å². The molecule has 0 bridgehead atoms. The maximum absolute atomic E-state index is 12.3. The van der Waals surface area contributed by atoms with Crippen molar-refractivity contribution in [2.24, 2.45) is 0 Å². The molecule has 0 saturated carbocycles. The number of carbonyl (C=O) groups excluding carboxylic acids is 2. The van der Waals surface area contributed by atoms with Gasteiger partial charge in [-0.1, -0.05) is 36.0 Å². The Hall–Kier alpha value is -3.59. The third kappa shape index (κ3) is 7.00. The number of aromatic nitrogens is 2. The van der Waals surface area contributed by atoms with Crippen LogP contribution in [0.3, 0.4) is 0 Å². The van der Waals surface area contributed by atoms with Crippen molar-refractivity contribution in [2.75, 3.05) is 17.7 Å². The molecule has 1 heterocycles. The van der Waals surface area contributed by atoms with Gasteiger partial charge < -0.3 is 19.8 Å². The molecule has 3 aromatic rings. The highest BCUT2D eigenvalue weighted by atomic mass is 32.2. The van der Waals surface area contributed by atoms with Crippen LogP contribution < -0.4 is 15.6 Å². The second-order valence-electron chi connectivity index (χ2n) is 6.28. The zero-order chi connectivity index (χ0) is 22.1. The van der Waals surface area contributed by atoms with Gasteiger partial charge in [-0.15, -0.1) is 0 Å². The van der Waals surface area contributed by atoms with Gasteiger partial charge in [-0.25, -0.2) is 9.78 Å². The van der Waals surface area contributed by atoms with E-state index in [0.717, 1.165) is 11.8 Å². The van der Waals surface area contributed by atoms with Crippen LogP contribution in [0.25, 0.3) is 0 Å². The highest BCUT2D eigenvalue weighted by Gasteiger charge is 2.10. The van der Waals surface area contributed by atoms with Crippen molar-refractivity contribution in [1.29, 1.82) is 0 Å². The van der Waals surface area contributed by atoms with Crippen molar-refractivity contribution in [3.63, 3.8) is 0 Å². The normalized spacial score (nSPS) is 10.4. The molecule has 2 N–H and O–H groups in total. The molecule has 2 aromatic carbocycles. The first-order valence-electron chi connectivity index (χ1n) is 9.51. The fraction of sp³-hybridized carbons (Fsp3) is 0.182. The van der Waals surface area contributed by atoms with E-state index < -0.39 is 5.97 Å². The summed E-state index contributed by atoms with van der Waals surface area (Å²) in [4.78, 5) is 42.9. The minimum absolute atomic E-state index is 0.0234. The zero-order valence-electron chi connectivity index (χ0n) is 16.8. The van der Waals surface area contributed by atoms with E-state index in [4.69, 9.17) is 9.47 Å². The summed E-state index contributed by atoms with van der Waals surface area (Å²) in [7, 11) is 0. The van der Waals surface area contributed by atoms with E-state index in [0.29, 0.717) is 27.9 Å². The molecule has 0 saturated heterocycles. The number of H-pyrrole nitrogens is 1. The number of nitrogens with zero attached hydrogens (tertiary/aromatic N) is 1. The quantitative estimate of drug-likeness (QED) is 0.299. The van der Waals surface area contributed by atoms with Crippen LogP contribution in [-0.2, 0) is 16.1 Å². The molecule has 8 nitrogen and oxygen atoms in total. The van der Waals surface area contributed by atoms with Crippen LogP contribution in [0.1, 0.15) is 23.0 Å². The number of benzene rings is 2. The van der Waals surface area contributed by atoms with Crippen molar-refractivity contribution in [1.82, 2.24) is 9.97 Å². The van der Waals surface area contributed by atoms with Gasteiger partial charge in [0.15, 0.2) is 5.16 Å². The highest BCUT2D eigenvalue weighted by molar-refractivity contribution is 7.99. The van der Waals surface area contributed by atoms with Crippen molar-refractivity contribution < 1.29 is 19.1 Å². The number of ether oxygens (including phenoxy) is 2. The smallest absolute Gasteiger partial charge is 0.338 e. The molecule has 0 unspecified atom stereocenters. The number of hydrogen-bond donors (Lipinski definition) is 2. The molecule has 0 aliphatic carbocycles. The Morgan fingerprint density at radius 2 is 1.90 bits per heavy atom. The SMILES string of the molecule is CCOC(=O)c1cccc(NC(=O)CSc2nc(COc3ccccc3)cc(=O)[nH]2)c1. The van der Waals surface area contributed by atoms with Crippen LogP contribution in [0, 0.1) is 0 Å². The predicted octanol–water partition coefficient (Wildman–Crippen LogP) is 3.26. The molecule has 0 fully saturated rings. The molecular weight excluding hydrogens is 418 g/mol. The lowest BCUT2D eigenvalue weighted by atomic mass is 10.2. The molecule has 3 rings (SSSR count). The fourth-order valence-corrected chi connectivity index (χ4v) is 3.26. The van der Waals surface area contributed by atoms with Gasteiger partial charge in [0.2, 0.25) is 5.91 Å². The molecule has 31 heavy (non-hydrogen) atoms. The molecule has 0 spiro atoms. The van der Waals surface area contributed by atoms with Crippen molar-refractivity contribution in [3.8, 4) is 5.75 Å². The average molecular weight is 439 g/mol. The summed E-state index contributed by atoms with van der Waals surface area (Å²) in [5, 5.41) is 3.03. The second-order valence-corrected chi connectivity index (χ2v) is 7.25. The number of para-hydroxylation sites is 1. The largest absolute Gasteiger partial charge is 0.487 e. The average Bonchev–Trinajstić information content (AvgIpc) is 2.77. The third-order valence-corrected chi connectivity index (χ3v) is 4.77. The Morgan fingerprint density at radius 1 is 1.10 bits per heavy atom. The van der Waals surface area contributed by atoms with Gasteiger partial charge in [-0.05, 0) is 37.3 Å². The van der Waals surface area contributed by atoms with Gasteiger partial charge in [-0.3, -0.25) is 9.59 Å². The predicted molar refractivity (Wildman–Crippen MR) is 117 cm³/mol. The van der Waals surface area contributed by atoms with E-state index in [-0.39, 0.29) is 30.4 Å². The number of anilines is 1. The van der Waals surface area contributed by atoms with Gasteiger partial charge >= 0.3 is 5.97 Å². The summed E-state index contributed by atoms with van der Waals surface area (Å²) in [5.41, 5.74) is 0.955. The van der Waals surface area contributed by atoms with Crippen LogP contribution in [0.15, 0.2) is 70.6 Å². The topological polar surface area (TPSA) is 110 Å². The Kier molecular flexibility index (Phi) is 7.83. The zero-order valence-corrected chi connectivity index (χ0v) is 17.6. The lowest BCUT2D eigenvalue weighted by Crippen LogP contribution is -2.16. The number of amides is 1. The molecule has 1 aromatic heterocycles. The molecule has 0 atom stereocenters. The number of carbonyl (C=O) groups is 2. The Morgan fingerprint density at radius 3 is 2.68 bits per heavy atom. The molecule has 0 aliphatic rings. The van der Waals surface area contributed by atoms with Crippen LogP contribution in [0.4, 0.5) is 5.69 Å². The van der Waals surface area contributed by atoms with E-state index in [2.05, 4.69) is 15.3 Å². The maximum Gasteiger partial charge on any atom is 0.338 e. The van der Waals surface area contributed by atoms with E-state index >= 15 is 0 Å². The van der Waals surface area contributed by atoms with Crippen molar-refractivity contribution in [2.45, 2.75) is 18.7 Å². The number of esters is 1. The monoisotopic (exact) mass is 439 g/mol. The molecule has 1 amide bonds. The summed E-state index contributed by atoms with van der Waals surface area (Å²) in [6, 6.07) is 17.0. The Labute approximate surface area is 183 Å². The lowest BCUT2D eigenvalue weighted by molar-refractivity contribution is -0.113. The van der Waals surface area contributed by atoms with E-state index in [9.17, 15) is 14.4 Å². The summed E-state index contributed by atoms with van der Waals surface area (Å²) in [6.45, 7) is 2.13. The first-order chi connectivity index (χ1) is 15.0. The van der Waals surface area contributed by atoms with Gasteiger partial charge in [0.25, 0.3) is 5.56 Å². The van der Waals surface area contributed by atoms with Crippen molar-refractivity contribution in [3.05, 3.63) is 82.3 Å². The number of nitrogens with one attached hydrogen (secondary N) is 2. The van der Waals surface area contributed by atoms with Crippen LogP contribution in [0.5, 0.6) is 5.75 Å². The standard InChI is InChI=1S/C22H21N3O5S/c1-2-29-21(28)15-7-6-8-16(11-15)23-20(27)14-31-22-24-17(12-19(26)25-22)13-30-18-9-4-3-5-10-18/h3-12H,2,13-14H2,1H3,(H,23,27)(H,24,25,26). The minimum Gasteiger partial charge on any atom is -0.487 e. The first kappa shape index (κ1) is 22.1. The van der Waals surface area contributed by atoms with Crippen LogP contribution in [-0.4, -0.2) is 34.2 Å². The highest BCUT2D eigenvalue weighted by Crippen LogP contribution is 2.16. The van der Waals surface area contributed by atoms with Gasteiger partial charge in [0.1, 0.15) is 12.4 Å². The maximum atomic E-state index is 12.3. The summed E-state index contributed by atoms with van der Waals surface area (Å²) >= 11 is 1.09. The van der Waals surface area contributed by atoms with E-state index in [1.807, 2.05) is 30.3 Å². The summed E-state index contributed by atoms with van der Waals surface area (Å²) < 4.78 is 10.6. The Bertz CT molecular complexity index is 1100. The lowest BCUT2D eigenvalue weighted by Gasteiger charge is -2.08. The van der Waals surface area contributed by atoms with Crippen molar-refractivity contribution >= 4 is 29.3 Å². The number of thioether (sulfide) groups is 1. The number of rotatable bonds is 9. The molecule has 9 heteroatoms. The second kappa shape index (κ2) is 11.0. The molecule has 0 aliphatic heterocycles. The van der Waals surface area contributed by atoms with Gasteiger partial charge in [0.05, 0.1) is 23.6 Å². The fourth-order valence-electron chi connectivity index (χ4n) is 2.57. The summed E-state index contributed by atoms with van der Waals surface area (Å²) in [6.07, 6.45) is 0. The summed E-state index contributed by atoms with van der Waals surface area (Å²) in [5.74, 6) is -0.0673. The first-order valence-corrected chi connectivity index (χ1v) is 10.5. The van der Waals surface area contributed by atoms with Crippen LogP contribution in [0.2, 0.25) is 0 Å². The molecule has 0 radical (unpaired) electrons. The Balaban J connectivity index is 1.56. The number of aromatic amines is 1. The number of hydrogen-bond acceptors (Lipinski definition) is 7. The molecule has 160 valence electrons.